The van der Waals surface area contributed by atoms with Crippen molar-refractivity contribution in [3.63, 3.8) is 0 Å². The molecule has 10 atom stereocenters. The maximum absolute atomic E-state index is 13.9. The smallest absolute Gasteiger partial charge is 0.197 e. The summed E-state index contributed by atoms with van der Waals surface area (Å²) in [5.74, 6) is 1.54. The number of benzene rings is 2. The summed E-state index contributed by atoms with van der Waals surface area (Å²) in [5.41, 5.74) is 0.991. The van der Waals surface area contributed by atoms with Crippen LogP contribution in [0.3, 0.4) is 0 Å². The van der Waals surface area contributed by atoms with Crippen LogP contribution >= 0.6 is 0 Å². The molecule has 2 fully saturated rings. The van der Waals surface area contributed by atoms with Gasteiger partial charge in [0.15, 0.2) is 11.7 Å². The fourth-order valence-corrected chi connectivity index (χ4v) is 7.05. The number of ether oxygens (including phenoxy) is 12. The van der Waals surface area contributed by atoms with Crippen LogP contribution in [0.4, 0.5) is 0 Å². The van der Waals surface area contributed by atoms with Gasteiger partial charge in [0.05, 0.1) is 39.6 Å². The Labute approximate surface area is 291 Å². The number of methoxy groups -OCH3 is 9. The third-order valence-corrected chi connectivity index (χ3v) is 9.40. The SMILES string of the molecule is COCC1OC(c2c(OC)cc3oc(-c4ccc(OC)cc4)cc(=O)c3c2OC)C(OC2OC(C)C(OC)C(OC)C2OC)C(OC)C1OC. The highest BCUT2D eigenvalue weighted by Gasteiger charge is 2.54. The third kappa shape index (κ3) is 7.09. The van der Waals surface area contributed by atoms with Crippen molar-refractivity contribution in [3.05, 3.63) is 52.2 Å². The second kappa shape index (κ2) is 16.8. The largest absolute Gasteiger partial charge is 0.497 e. The molecule has 14 nitrogen and oxygen atoms in total. The molecule has 0 bridgehead atoms. The Morgan fingerprint density at radius 3 is 1.88 bits per heavy atom. The lowest BCUT2D eigenvalue weighted by molar-refractivity contribution is -0.347. The molecule has 50 heavy (non-hydrogen) atoms. The lowest BCUT2D eigenvalue weighted by atomic mass is 9.88. The first-order chi connectivity index (χ1) is 24.2. The molecule has 0 amide bonds. The fourth-order valence-electron chi connectivity index (χ4n) is 7.05. The summed E-state index contributed by atoms with van der Waals surface area (Å²) in [6.07, 6.45) is -6.98. The predicted molar refractivity (Wildman–Crippen MR) is 180 cm³/mol. The van der Waals surface area contributed by atoms with Gasteiger partial charge in [-0.2, -0.15) is 0 Å². The van der Waals surface area contributed by atoms with Crippen molar-refractivity contribution in [2.75, 3.05) is 70.6 Å². The van der Waals surface area contributed by atoms with Crippen molar-refractivity contribution < 1.29 is 61.3 Å². The minimum Gasteiger partial charge on any atom is -0.497 e. The lowest BCUT2D eigenvalue weighted by Gasteiger charge is -2.49. The number of fused-ring (bicyclic) bond motifs is 1. The molecule has 5 rings (SSSR count). The first kappa shape index (κ1) is 37.9. The molecule has 0 spiro atoms. The Kier molecular flexibility index (Phi) is 12.7. The molecular weight excluding hydrogens is 656 g/mol. The number of rotatable bonds is 14. The van der Waals surface area contributed by atoms with Crippen molar-refractivity contribution in [2.45, 2.75) is 68.1 Å². The Bertz CT molecular complexity index is 1610. The molecule has 0 N–H and O–H groups in total. The zero-order chi connectivity index (χ0) is 36.1. The van der Waals surface area contributed by atoms with E-state index in [0.29, 0.717) is 28.4 Å². The van der Waals surface area contributed by atoms with E-state index in [1.807, 2.05) is 6.92 Å². The van der Waals surface area contributed by atoms with E-state index in [4.69, 9.17) is 61.3 Å². The van der Waals surface area contributed by atoms with E-state index in [0.717, 1.165) is 0 Å². The summed E-state index contributed by atoms with van der Waals surface area (Å²) in [7, 11) is 13.9. The summed E-state index contributed by atoms with van der Waals surface area (Å²) in [5, 5.41) is 0.189. The first-order valence-electron chi connectivity index (χ1n) is 16.2. The Morgan fingerprint density at radius 2 is 1.32 bits per heavy atom. The fraction of sp³-hybridized carbons (Fsp3) is 0.583. The topological polar surface area (TPSA) is 141 Å². The summed E-state index contributed by atoms with van der Waals surface area (Å²) in [6, 6.07) is 10.2. The molecule has 2 aliphatic rings. The van der Waals surface area contributed by atoms with Gasteiger partial charge < -0.3 is 61.3 Å². The van der Waals surface area contributed by atoms with Crippen LogP contribution < -0.4 is 19.6 Å². The average Bonchev–Trinajstić information content (AvgIpc) is 3.13. The van der Waals surface area contributed by atoms with Crippen LogP contribution in [0.2, 0.25) is 0 Å². The normalized spacial score (nSPS) is 30.0. The van der Waals surface area contributed by atoms with E-state index >= 15 is 0 Å². The molecule has 10 unspecified atom stereocenters. The van der Waals surface area contributed by atoms with Crippen molar-refractivity contribution in [1.82, 2.24) is 0 Å². The van der Waals surface area contributed by atoms with Crippen LogP contribution in [0.15, 0.2) is 45.6 Å². The summed E-state index contributed by atoms with van der Waals surface area (Å²) < 4.78 is 78.4. The van der Waals surface area contributed by atoms with Crippen LogP contribution in [-0.4, -0.2) is 126 Å². The van der Waals surface area contributed by atoms with Crippen LogP contribution in [0.1, 0.15) is 18.6 Å². The summed E-state index contributed by atoms with van der Waals surface area (Å²) in [6.45, 7) is 2.03. The molecule has 2 aliphatic heterocycles. The van der Waals surface area contributed by atoms with E-state index in [1.165, 1.54) is 20.3 Å². The van der Waals surface area contributed by atoms with Crippen LogP contribution in [0.25, 0.3) is 22.3 Å². The lowest BCUT2D eigenvalue weighted by Crippen LogP contribution is -2.63. The van der Waals surface area contributed by atoms with Crippen molar-refractivity contribution in [3.8, 4) is 28.6 Å². The van der Waals surface area contributed by atoms with Gasteiger partial charge in [-0.3, -0.25) is 4.79 Å². The quantitative estimate of drug-likeness (QED) is 0.240. The Balaban J connectivity index is 1.68. The molecule has 3 aromatic rings. The maximum Gasteiger partial charge on any atom is 0.197 e. The zero-order valence-electron chi connectivity index (χ0n) is 30.2. The Morgan fingerprint density at radius 1 is 0.680 bits per heavy atom. The minimum atomic E-state index is -0.973. The van der Waals surface area contributed by atoms with E-state index in [-0.39, 0.29) is 28.8 Å². The van der Waals surface area contributed by atoms with E-state index < -0.39 is 61.2 Å². The van der Waals surface area contributed by atoms with Crippen LogP contribution in [-0.2, 0) is 42.6 Å². The van der Waals surface area contributed by atoms with Gasteiger partial charge in [-0.05, 0) is 31.2 Å². The molecular formula is C36H48O14. The molecule has 0 radical (unpaired) electrons. The Hall–Kier alpha value is -3.31. The monoisotopic (exact) mass is 704 g/mol. The van der Waals surface area contributed by atoms with Crippen molar-refractivity contribution in [2.24, 2.45) is 0 Å². The van der Waals surface area contributed by atoms with Gasteiger partial charge in [-0.25, -0.2) is 0 Å². The van der Waals surface area contributed by atoms with Gasteiger partial charge in [-0.1, -0.05) is 0 Å². The molecule has 276 valence electrons. The van der Waals surface area contributed by atoms with Crippen molar-refractivity contribution in [1.29, 1.82) is 0 Å². The predicted octanol–water partition coefficient (Wildman–Crippen LogP) is 3.78. The van der Waals surface area contributed by atoms with Gasteiger partial charge >= 0.3 is 0 Å². The number of hydrogen-bond acceptors (Lipinski definition) is 14. The molecule has 1 aromatic heterocycles. The molecule has 0 aliphatic carbocycles. The molecule has 2 aromatic carbocycles. The van der Waals surface area contributed by atoms with Gasteiger partial charge in [-0.15, -0.1) is 0 Å². The van der Waals surface area contributed by atoms with Crippen LogP contribution in [0.5, 0.6) is 17.2 Å². The summed E-state index contributed by atoms with van der Waals surface area (Å²) in [4.78, 5) is 13.9. The van der Waals surface area contributed by atoms with Gasteiger partial charge in [0.2, 0.25) is 0 Å². The van der Waals surface area contributed by atoms with Crippen molar-refractivity contribution >= 4 is 11.0 Å². The van der Waals surface area contributed by atoms with Gasteiger partial charge in [0.25, 0.3) is 0 Å². The highest BCUT2D eigenvalue weighted by atomic mass is 16.7. The molecule has 0 saturated carbocycles. The number of hydrogen-bond donors (Lipinski definition) is 0. The highest BCUT2D eigenvalue weighted by Crippen LogP contribution is 2.48. The second-order valence-corrected chi connectivity index (χ2v) is 12.0. The molecule has 3 heterocycles. The summed E-state index contributed by atoms with van der Waals surface area (Å²) >= 11 is 0. The molecule has 2 saturated heterocycles. The third-order valence-electron chi connectivity index (χ3n) is 9.40. The van der Waals surface area contributed by atoms with E-state index in [9.17, 15) is 4.79 Å². The minimum absolute atomic E-state index is 0.159. The molecule has 14 heteroatoms. The maximum atomic E-state index is 13.9. The van der Waals surface area contributed by atoms with E-state index in [2.05, 4.69) is 0 Å². The van der Waals surface area contributed by atoms with E-state index in [1.54, 1.807) is 80.1 Å². The second-order valence-electron chi connectivity index (χ2n) is 12.0. The first-order valence-corrected chi connectivity index (χ1v) is 16.2. The average molecular weight is 705 g/mol. The van der Waals surface area contributed by atoms with Gasteiger partial charge in [0.1, 0.15) is 82.8 Å². The highest BCUT2D eigenvalue weighted by molar-refractivity contribution is 5.88. The zero-order valence-corrected chi connectivity index (χ0v) is 30.2. The standard InChI is InChI=1S/C36H48O14/c1-18-28(41-5)32(44-8)35(46-10)36(47-18)50-34-31(49-25(17-38-2)29(42-6)33(34)45-9)27-23(40-4)16-24-26(30(27)43-7)21(37)15-22(48-24)19-11-13-20(39-3)14-12-19/h11-16,18,25,28-29,31-36H,17H2,1-10H3. The van der Waals surface area contributed by atoms with Crippen LogP contribution in [0, 0.1) is 0 Å². The van der Waals surface area contributed by atoms with Gasteiger partial charge in [0, 0.05) is 60.4 Å².